The number of furan rings is 1. The molecule has 0 aliphatic heterocycles. The summed E-state index contributed by atoms with van der Waals surface area (Å²) in [4.78, 5) is 4.08. The predicted molar refractivity (Wildman–Crippen MR) is 59.6 cm³/mol. The van der Waals surface area contributed by atoms with Gasteiger partial charge in [0.2, 0.25) is 11.7 Å². The van der Waals surface area contributed by atoms with Crippen LogP contribution in [-0.4, -0.2) is 10.1 Å². The molecule has 0 aromatic carbocycles. The van der Waals surface area contributed by atoms with Gasteiger partial charge in [0, 0.05) is 0 Å². The number of halogens is 2. The summed E-state index contributed by atoms with van der Waals surface area (Å²) in [5.74, 6) is 1.35. The van der Waals surface area contributed by atoms with Crippen molar-refractivity contribution in [1.82, 2.24) is 10.1 Å². The second-order valence-electron chi connectivity index (χ2n) is 2.85. The van der Waals surface area contributed by atoms with E-state index in [2.05, 4.69) is 26.1 Å². The van der Waals surface area contributed by atoms with E-state index in [0.717, 1.165) is 0 Å². The molecule has 0 spiro atoms. The second kappa shape index (κ2) is 4.78. The number of nitrogens with two attached hydrogens (primary N) is 1. The van der Waals surface area contributed by atoms with E-state index in [0.29, 0.717) is 22.1 Å². The molecule has 0 fully saturated rings. The maximum atomic E-state index is 5.57. The van der Waals surface area contributed by atoms with Crippen LogP contribution in [0.15, 0.2) is 25.7 Å². The maximum absolute atomic E-state index is 5.57. The van der Waals surface area contributed by atoms with Crippen molar-refractivity contribution in [2.45, 2.75) is 13.0 Å². The topological polar surface area (TPSA) is 78.1 Å². The van der Waals surface area contributed by atoms with Crippen LogP contribution in [0.4, 0.5) is 0 Å². The van der Waals surface area contributed by atoms with Crippen LogP contribution in [-0.2, 0) is 0 Å². The molecule has 0 aliphatic carbocycles. The van der Waals surface area contributed by atoms with Gasteiger partial charge in [-0.2, -0.15) is 4.98 Å². The summed E-state index contributed by atoms with van der Waals surface area (Å²) < 4.78 is 10.8. The minimum atomic E-state index is -0.269. The van der Waals surface area contributed by atoms with E-state index < -0.39 is 0 Å². The van der Waals surface area contributed by atoms with E-state index in [4.69, 9.17) is 14.7 Å². The average Bonchev–Trinajstić information content (AvgIpc) is 2.70. The van der Waals surface area contributed by atoms with Crippen LogP contribution in [0.5, 0.6) is 0 Å². The SMILES string of the molecule is C[C@@H](N)c1nc(-c2ccc(Br)o2)no1.Cl. The summed E-state index contributed by atoms with van der Waals surface area (Å²) in [7, 11) is 0. The molecule has 82 valence electrons. The molecule has 15 heavy (non-hydrogen) atoms. The number of hydrogen-bond acceptors (Lipinski definition) is 5. The summed E-state index contributed by atoms with van der Waals surface area (Å²) in [6.45, 7) is 1.77. The molecule has 2 rings (SSSR count). The third-order valence-corrected chi connectivity index (χ3v) is 2.05. The standard InChI is InChI=1S/C8H8BrN3O2.ClH/c1-4(10)8-11-7(12-14-8)5-2-3-6(9)13-5;/h2-4H,10H2,1H3;1H/t4-;/m1./s1. The monoisotopic (exact) mass is 293 g/mol. The first kappa shape index (κ1) is 12.2. The lowest BCUT2D eigenvalue weighted by Gasteiger charge is -1.92. The zero-order chi connectivity index (χ0) is 10.1. The van der Waals surface area contributed by atoms with Crippen LogP contribution in [0.25, 0.3) is 11.6 Å². The number of hydrogen-bond donors (Lipinski definition) is 1. The molecule has 2 aromatic rings. The Kier molecular flexibility index (Phi) is 3.90. The van der Waals surface area contributed by atoms with Crippen molar-refractivity contribution >= 4 is 28.3 Å². The van der Waals surface area contributed by atoms with Gasteiger partial charge < -0.3 is 14.7 Å². The molecule has 0 saturated heterocycles. The Balaban J connectivity index is 0.00000112. The van der Waals surface area contributed by atoms with Gasteiger partial charge in [0.1, 0.15) is 0 Å². The highest BCUT2D eigenvalue weighted by molar-refractivity contribution is 9.10. The third kappa shape index (κ3) is 2.58. The van der Waals surface area contributed by atoms with Crippen molar-refractivity contribution in [3.8, 4) is 11.6 Å². The predicted octanol–water partition coefficient (Wildman–Crippen LogP) is 2.53. The van der Waals surface area contributed by atoms with Crippen LogP contribution in [0.2, 0.25) is 0 Å². The Hall–Kier alpha value is -0.850. The Bertz CT molecular complexity index is 441. The van der Waals surface area contributed by atoms with Crippen LogP contribution in [0.3, 0.4) is 0 Å². The van der Waals surface area contributed by atoms with Crippen molar-refractivity contribution in [2.75, 3.05) is 0 Å². The molecule has 2 N–H and O–H groups in total. The van der Waals surface area contributed by atoms with Gasteiger partial charge in [-0.05, 0) is 35.0 Å². The molecule has 2 heterocycles. The zero-order valence-corrected chi connectivity index (χ0v) is 10.2. The number of rotatable bonds is 2. The highest BCUT2D eigenvalue weighted by Gasteiger charge is 2.13. The van der Waals surface area contributed by atoms with E-state index in [9.17, 15) is 0 Å². The third-order valence-electron chi connectivity index (χ3n) is 1.62. The number of nitrogens with zero attached hydrogens (tertiary/aromatic N) is 2. The minimum Gasteiger partial charge on any atom is -0.446 e. The Morgan fingerprint density at radius 3 is 2.67 bits per heavy atom. The summed E-state index contributed by atoms with van der Waals surface area (Å²) in [5.41, 5.74) is 5.57. The molecule has 5 nitrogen and oxygen atoms in total. The van der Waals surface area contributed by atoms with E-state index >= 15 is 0 Å². The molecule has 0 radical (unpaired) electrons. The normalized spacial score (nSPS) is 12.2. The highest BCUT2D eigenvalue weighted by atomic mass is 79.9. The minimum absolute atomic E-state index is 0. The Morgan fingerprint density at radius 2 is 2.20 bits per heavy atom. The Morgan fingerprint density at radius 1 is 1.47 bits per heavy atom. The van der Waals surface area contributed by atoms with Crippen molar-refractivity contribution in [1.29, 1.82) is 0 Å². The Labute approximate surface area is 101 Å². The summed E-state index contributed by atoms with van der Waals surface area (Å²) in [5, 5.41) is 3.74. The molecule has 0 unspecified atom stereocenters. The highest BCUT2D eigenvalue weighted by Crippen LogP contribution is 2.23. The fraction of sp³-hybridized carbons (Fsp3) is 0.250. The number of aromatic nitrogens is 2. The van der Waals surface area contributed by atoms with Gasteiger partial charge in [-0.3, -0.25) is 0 Å². The molecule has 0 amide bonds. The first-order valence-electron chi connectivity index (χ1n) is 4.01. The van der Waals surface area contributed by atoms with Crippen LogP contribution in [0, 0.1) is 0 Å². The molecule has 7 heteroatoms. The molecule has 0 saturated carbocycles. The average molecular weight is 295 g/mol. The smallest absolute Gasteiger partial charge is 0.243 e. The molecule has 2 aromatic heterocycles. The summed E-state index contributed by atoms with van der Waals surface area (Å²) in [6.07, 6.45) is 0. The van der Waals surface area contributed by atoms with Crippen LogP contribution < -0.4 is 5.73 Å². The van der Waals surface area contributed by atoms with Crippen LogP contribution >= 0.6 is 28.3 Å². The van der Waals surface area contributed by atoms with E-state index in [1.807, 2.05) is 0 Å². The lowest BCUT2D eigenvalue weighted by Crippen LogP contribution is -2.04. The first-order valence-corrected chi connectivity index (χ1v) is 4.81. The van der Waals surface area contributed by atoms with Crippen molar-refractivity contribution in [3.63, 3.8) is 0 Å². The van der Waals surface area contributed by atoms with Gasteiger partial charge in [-0.25, -0.2) is 0 Å². The molecule has 0 aliphatic rings. The van der Waals surface area contributed by atoms with Crippen molar-refractivity contribution in [2.24, 2.45) is 5.73 Å². The fourth-order valence-electron chi connectivity index (χ4n) is 0.955. The zero-order valence-electron chi connectivity index (χ0n) is 7.81. The van der Waals surface area contributed by atoms with Gasteiger partial charge in [-0.1, -0.05) is 5.16 Å². The van der Waals surface area contributed by atoms with Gasteiger partial charge >= 0.3 is 0 Å². The molecular formula is C8H9BrClN3O2. The summed E-state index contributed by atoms with van der Waals surface area (Å²) in [6, 6.07) is 3.24. The van der Waals surface area contributed by atoms with E-state index in [1.54, 1.807) is 19.1 Å². The van der Waals surface area contributed by atoms with Crippen molar-refractivity contribution < 1.29 is 8.94 Å². The molecule has 0 bridgehead atoms. The quantitative estimate of drug-likeness (QED) is 0.921. The van der Waals surface area contributed by atoms with Crippen LogP contribution in [0.1, 0.15) is 18.9 Å². The van der Waals surface area contributed by atoms with Crippen molar-refractivity contribution in [3.05, 3.63) is 22.7 Å². The maximum Gasteiger partial charge on any atom is 0.243 e. The summed E-state index contributed by atoms with van der Waals surface area (Å²) >= 11 is 3.19. The second-order valence-corrected chi connectivity index (χ2v) is 3.63. The van der Waals surface area contributed by atoms with Gasteiger partial charge in [0.05, 0.1) is 6.04 Å². The molecular weight excluding hydrogens is 285 g/mol. The van der Waals surface area contributed by atoms with Gasteiger partial charge in [0.25, 0.3) is 0 Å². The van der Waals surface area contributed by atoms with Gasteiger partial charge in [-0.15, -0.1) is 12.4 Å². The first-order chi connectivity index (χ1) is 6.66. The lowest BCUT2D eigenvalue weighted by atomic mass is 10.4. The van der Waals surface area contributed by atoms with Gasteiger partial charge in [0.15, 0.2) is 10.4 Å². The molecule has 1 atom stereocenters. The fourth-order valence-corrected chi connectivity index (χ4v) is 1.26. The largest absolute Gasteiger partial charge is 0.446 e. The van der Waals surface area contributed by atoms with E-state index in [1.165, 1.54) is 0 Å². The van der Waals surface area contributed by atoms with E-state index in [-0.39, 0.29) is 18.4 Å². The lowest BCUT2D eigenvalue weighted by molar-refractivity contribution is 0.361.